The third-order valence-corrected chi connectivity index (χ3v) is 3.94. The highest BCUT2D eigenvalue weighted by molar-refractivity contribution is 6.30. The Labute approximate surface area is 161 Å². The molecule has 0 spiro atoms. The number of primary amides is 1. The van der Waals surface area contributed by atoms with Gasteiger partial charge in [0.2, 0.25) is 0 Å². The van der Waals surface area contributed by atoms with Crippen molar-refractivity contribution in [3.05, 3.63) is 94.6 Å². The summed E-state index contributed by atoms with van der Waals surface area (Å²) in [6, 6.07) is 9.46. The van der Waals surface area contributed by atoms with E-state index in [2.05, 4.69) is 6.58 Å². The lowest BCUT2D eigenvalue weighted by Crippen LogP contribution is -2.16. The fraction of sp³-hybridized carbons (Fsp3) is 0.0952. The topological polar surface area (TPSA) is 52.3 Å². The molecular formula is C21H18ClF2NO2. The molecule has 0 fully saturated rings. The predicted octanol–water partition coefficient (Wildman–Crippen LogP) is 5.31. The molecule has 0 atom stereocenters. The quantitative estimate of drug-likeness (QED) is 0.652. The number of hydrogen-bond donors (Lipinski definition) is 1. The molecule has 0 heterocycles. The molecule has 0 aliphatic carbocycles. The number of carbonyl (C=O) groups is 1. The standard InChI is InChI=1S/C21H18ClF2NO2/c1-13(4-3-5-14(2)15-6-8-16(22)9-7-15)12-27-18-11-10-17(23)19(20(18)24)21(25)26/h3-11H,1,12H2,2H3,(H2,25,26)/b4-3-,14-5+. The monoisotopic (exact) mass is 389 g/mol. The maximum absolute atomic E-state index is 14.1. The zero-order valence-corrected chi connectivity index (χ0v) is 15.4. The van der Waals surface area contributed by atoms with Crippen LogP contribution in [0.2, 0.25) is 5.02 Å². The van der Waals surface area contributed by atoms with Crippen molar-refractivity contribution < 1.29 is 18.3 Å². The van der Waals surface area contributed by atoms with Gasteiger partial charge in [-0.3, -0.25) is 4.79 Å². The van der Waals surface area contributed by atoms with Crippen LogP contribution in [0.3, 0.4) is 0 Å². The van der Waals surface area contributed by atoms with Crippen LogP contribution in [0.15, 0.2) is 66.8 Å². The first-order chi connectivity index (χ1) is 12.8. The highest BCUT2D eigenvalue weighted by Crippen LogP contribution is 2.23. The summed E-state index contributed by atoms with van der Waals surface area (Å²) in [6.07, 6.45) is 5.37. The minimum Gasteiger partial charge on any atom is -0.486 e. The van der Waals surface area contributed by atoms with Crippen molar-refractivity contribution in [2.75, 3.05) is 6.61 Å². The van der Waals surface area contributed by atoms with Gasteiger partial charge in [0.1, 0.15) is 18.0 Å². The molecule has 0 aliphatic rings. The maximum Gasteiger partial charge on any atom is 0.254 e. The Bertz CT molecular complexity index is 919. The van der Waals surface area contributed by atoms with Gasteiger partial charge in [0.15, 0.2) is 11.6 Å². The lowest BCUT2D eigenvalue weighted by atomic mass is 10.1. The van der Waals surface area contributed by atoms with E-state index < -0.39 is 23.1 Å². The summed E-state index contributed by atoms with van der Waals surface area (Å²) in [6.45, 7) is 5.72. The molecule has 0 saturated carbocycles. The number of allylic oxidation sites excluding steroid dienone is 3. The van der Waals surface area contributed by atoms with Crippen molar-refractivity contribution in [3.8, 4) is 5.75 Å². The van der Waals surface area contributed by atoms with Crippen molar-refractivity contribution in [1.29, 1.82) is 0 Å². The molecule has 140 valence electrons. The van der Waals surface area contributed by atoms with Crippen LogP contribution in [0.1, 0.15) is 22.8 Å². The van der Waals surface area contributed by atoms with E-state index in [0.29, 0.717) is 10.6 Å². The van der Waals surface area contributed by atoms with Gasteiger partial charge in [-0.05, 0) is 47.9 Å². The lowest BCUT2D eigenvalue weighted by Gasteiger charge is -2.09. The van der Waals surface area contributed by atoms with Gasteiger partial charge in [0.05, 0.1) is 0 Å². The molecule has 6 heteroatoms. The van der Waals surface area contributed by atoms with Gasteiger partial charge in [0, 0.05) is 5.02 Å². The molecule has 3 nitrogen and oxygen atoms in total. The summed E-state index contributed by atoms with van der Waals surface area (Å²) in [4.78, 5) is 11.1. The summed E-state index contributed by atoms with van der Waals surface area (Å²) in [5.41, 5.74) is 6.75. The number of ether oxygens (including phenoxy) is 1. The Kier molecular flexibility index (Phi) is 6.91. The number of rotatable bonds is 7. The molecule has 0 aliphatic heterocycles. The van der Waals surface area contributed by atoms with Crippen LogP contribution < -0.4 is 10.5 Å². The summed E-state index contributed by atoms with van der Waals surface area (Å²) < 4.78 is 32.8. The zero-order valence-electron chi connectivity index (χ0n) is 14.6. The molecule has 27 heavy (non-hydrogen) atoms. The van der Waals surface area contributed by atoms with Crippen LogP contribution >= 0.6 is 11.6 Å². The van der Waals surface area contributed by atoms with E-state index in [-0.39, 0.29) is 12.4 Å². The Morgan fingerprint density at radius 2 is 1.89 bits per heavy atom. The molecule has 0 bridgehead atoms. The number of nitrogens with two attached hydrogens (primary N) is 1. The van der Waals surface area contributed by atoms with E-state index in [9.17, 15) is 13.6 Å². The van der Waals surface area contributed by atoms with Gasteiger partial charge in [-0.1, -0.05) is 48.5 Å². The van der Waals surface area contributed by atoms with E-state index in [1.807, 2.05) is 37.3 Å². The third kappa shape index (κ3) is 5.53. The summed E-state index contributed by atoms with van der Waals surface area (Å²) >= 11 is 5.86. The van der Waals surface area contributed by atoms with E-state index in [4.69, 9.17) is 22.1 Å². The van der Waals surface area contributed by atoms with Gasteiger partial charge in [-0.15, -0.1) is 0 Å². The second-order valence-electron chi connectivity index (χ2n) is 5.76. The van der Waals surface area contributed by atoms with E-state index in [1.165, 1.54) is 0 Å². The lowest BCUT2D eigenvalue weighted by molar-refractivity contribution is 0.0991. The molecule has 0 radical (unpaired) electrons. The van der Waals surface area contributed by atoms with Crippen molar-refractivity contribution >= 4 is 23.1 Å². The first-order valence-electron chi connectivity index (χ1n) is 7.99. The molecule has 2 N–H and O–H groups in total. The average molecular weight is 390 g/mol. The second kappa shape index (κ2) is 9.14. The van der Waals surface area contributed by atoms with Crippen molar-refractivity contribution in [3.63, 3.8) is 0 Å². The van der Waals surface area contributed by atoms with Crippen LogP contribution in [0.4, 0.5) is 8.78 Å². The Morgan fingerprint density at radius 1 is 1.22 bits per heavy atom. The van der Waals surface area contributed by atoms with Crippen molar-refractivity contribution in [1.82, 2.24) is 0 Å². The smallest absolute Gasteiger partial charge is 0.254 e. The van der Waals surface area contributed by atoms with Crippen molar-refractivity contribution in [2.45, 2.75) is 6.92 Å². The fourth-order valence-electron chi connectivity index (χ4n) is 2.23. The van der Waals surface area contributed by atoms with Gasteiger partial charge >= 0.3 is 0 Å². The highest BCUT2D eigenvalue weighted by Gasteiger charge is 2.19. The Morgan fingerprint density at radius 3 is 2.52 bits per heavy atom. The number of benzene rings is 2. The van der Waals surface area contributed by atoms with E-state index in [0.717, 1.165) is 23.3 Å². The van der Waals surface area contributed by atoms with Crippen LogP contribution in [0.25, 0.3) is 5.57 Å². The molecule has 2 rings (SSSR count). The minimum atomic E-state index is -1.20. The molecule has 0 saturated heterocycles. The summed E-state index contributed by atoms with van der Waals surface area (Å²) in [5.74, 6) is -3.63. The summed E-state index contributed by atoms with van der Waals surface area (Å²) in [7, 11) is 0. The van der Waals surface area contributed by atoms with Gasteiger partial charge in [-0.25, -0.2) is 8.78 Å². The molecule has 2 aromatic carbocycles. The second-order valence-corrected chi connectivity index (χ2v) is 6.20. The Hall–Kier alpha value is -2.92. The number of amides is 1. The molecular weight excluding hydrogens is 372 g/mol. The number of halogens is 3. The molecule has 0 aromatic heterocycles. The van der Waals surface area contributed by atoms with Gasteiger partial charge in [-0.2, -0.15) is 0 Å². The van der Waals surface area contributed by atoms with Crippen LogP contribution in [0, 0.1) is 11.6 Å². The van der Waals surface area contributed by atoms with Crippen LogP contribution in [-0.2, 0) is 0 Å². The number of hydrogen-bond acceptors (Lipinski definition) is 2. The van der Waals surface area contributed by atoms with Gasteiger partial charge < -0.3 is 10.5 Å². The largest absolute Gasteiger partial charge is 0.486 e. The first-order valence-corrected chi connectivity index (χ1v) is 8.36. The first kappa shape index (κ1) is 20.4. The van der Waals surface area contributed by atoms with E-state index in [1.54, 1.807) is 12.2 Å². The Balaban J connectivity index is 1.99. The van der Waals surface area contributed by atoms with Crippen LogP contribution in [0.5, 0.6) is 5.75 Å². The predicted molar refractivity (Wildman–Crippen MR) is 104 cm³/mol. The highest BCUT2D eigenvalue weighted by atomic mass is 35.5. The summed E-state index contributed by atoms with van der Waals surface area (Å²) in [5, 5.41) is 0.667. The molecule has 1 amide bonds. The SMILES string of the molecule is C=C(/C=C\C=C(/C)c1ccc(Cl)cc1)COc1ccc(F)c(C(N)=O)c1F. The molecule has 2 aromatic rings. The van der Waals surface area contributed by atoms with Crippen LogP contribution in [-0.4, -0.2) is 12.5 Å². The minimum absolute atomic E-state index is 0.0366. The normalized spacial score (nSPS) is 11.6. The third-order valence-electron chi connectivity index (χ3n) is 3.69. The molecule has 0 unspecified atom stereocenters. The fourth-order valence-corrected chi connectivity index (χ4v) is 2.35. The maximum atomic E-state index is 14.1. The number of carbonyl (C=O) groups excluding carboxylic acids is 1. The van der Waals surface area contributed by atoms with E-state index >= 15 is 0 Å². The zero-order chi connectivity index (χ0) is 20.0. The van der Waals surface area contributed by atoms with Crippen molar-refractivity contribution in [2.24, 2.45) is 5.73 Å². The van der Waals surface area contributed by atoms with Gasteiger partial charge in [0.25, 0.3) is 5.91 Å². The average Bonchev–Trinajstić information content (AvgIpc) is 2.61.